The van der Waals surface area contributed by atoms with Gasteiger partial charge in [-0.15, -0.1) is 4.80 Å². The van der Waals surface area contributed by atoms with Gasteiger partial charge in [0.1, 0.15) is 0 Å². The number of hydrogen-bond donors (Lipinski definition) is 1. The molecule has 3 aromatic rings. The molecule has 0 aromatic carbocycles. The SMILES string of the molecule is NC(=O)c1cnn(-c2cnc(-n3nccn3)c(Cl)c2)c1C(F)(F)F. The minimum atomic E-state index is -4.85. The third kappa shape index (κ3) is 2.69. The molecule has 124 valence electrons. The zero-order valence-electron chi connectivity index (χ0n) is 11.6. The normalized spacial score (nSPS) is 11.7. The molecule has 0 saturated heterocycles. The predicted octanol–water partition coefficient (Wildman–Crippen LogP) is 1.62. The summed E-state index contributed by atoms with van der Waals surface area (Å²) in [4.78, 5) is 16.2. The minimum Gasteiger partial charge on any atom is -0.365 e. The molecule has 0 fully saturated rings. The molecule has 2 N–H and O–H groups in total. The summed E-state index contributed by atoms with van der Waals surface area (Å²) in [5, 5.41) is 11.2. The molecule has 0 aliphatic carbocycles. The van der Waals surface area contributed by atoms with Crippen LogP contribution < -0.4 is 5.73 Å². The summed E-state index contributed by atoms with van der Waals surface area (Å²) < 4.78 is 40.2. The average Bonchev–Trinajstić information content (AvgIpc) is 3.16. The number of carbonyl (C=O) groups excluding carboxylic acids is 1. The zero-order chi connectivity index (χ0) is 17.5. The molecule has 0 radical (unpaired) electrons. The van der Waals surface area contributed by atoms with Crippen molar-refractivity contribution < 1.29 is 18.0 Å². The second-order valence-electron chi connectivity index (χ2n) is 4.50. The first-order chi connectivity index (χ1) is 11.3. The first kappa shape index (κ1) is 15.9. The molecular formula is C12H7ClF3N7O. The van der Waals surface area contributed by atoms with E-state index in [1.165, 1.54) is 18.5 Å². The van der Waals surface area contributed by atoms with Gasteiger partial charge in [0, 0.05) is 0 Å². The lowest BCUT2D eigenvalue weighted by Gasteiger charge is -2.12. The Balaban J connectivity index is 2.14. The fraction of sp³-hybridized carbons (Fsp3) is 0.0833. The lowest BCUT2D eigenvalue weighted by atomic mass is 10.2. The number of aromatic nitrogens is 6. The Morgan fingerprint density at radius 1 is 1.17 bits per heavy atom. The van der Waals surface area contributed by atoms with Crippen molar-refractivity contribution in [2.75, 3.05) is 0 Å². The van der Waals surface area contributed by atoms with Crippen LogP contribution in [0, 0.1) is 0 Å². The summed E-state index contributed by atoms with van der Waals surface area (Å²) in [6.07, 6.45) is -0.240. The van der Waals surface area contributed by atoms with Gasteiger partial charge in [0.15, 0.2) is 11.5 Å². The first-order valence-corrected chi connectivity index (χ1v) is 6.64. The van der Waals surface area contributed by atoms with E-state index in [-0.39, 0.29) is 16.5 Å². The van der Waals surface area contributed by atoms with Crippen molar-refractivity contribution in [3.8, 4) is 11.5 Å². The number of pyridine rings is 1. The number of amides is 1. The highest BCUT2D eigenvalue weighted by atomic mass is 35.5. The average molecular weight is 358 g/mol. The fourth-order valence-corrected chi connectivity index (χ4v) is 2.24. The second-order valence-corrected chi connectivity index (χ2v) is 4.91. The third-order valence-electron chi connectivity index (χ3n) is 2.96. The summed E-state index contributed by atoms with van der Waals surface area (Å²) >= 11 is 6.03. The molecule has 0 unspecified atom stereocenters. The standard InChI is InChI=1S/C12H7ClF3N7O/c13-8-3-6(4-18-11(8)23-19-1-2-20-23)22-9(12(14,15)16)7(5-21-22)10(17)24/h1-5H,(H2,17,24). The van der Waals surface area contributed by atoms with Crippen molar-refractivity contribution in [1.82, 2.24) is 29.8 Å². The fourth-order valence-electron chi connectivity index (χ4n) is 2.01. The van der Waals surface area contributed by atoms with Crippen LogP contribution in [0.2, 0.25) is 5.02 Å². The number of carbonyl (C=O) groups is 1. The van der Waals surface area contributed by atoms with E-state index in [2.05, 4.69) is 20.3 Å². The highest BCUT2D eigenvalue weighted by Crippen LogP contribution is 2.34. The van der Waals surface area contributed by atoms with Gasteiger partial charge in [0.25, 0.3) is 5.91 Å². The Morgan fingerprint density at radius 3 is 2.38 bits per heavy atom. The Bertz CT molecular complexity index is 904. The van der Waals surface area contributed by atoms with Crippen LogP contribution in [0.15, 0.2) is 30.9 Å². The number of nitrogens with two attached hydrogens (primary N) is 1. The van der Waals surface area contributed by atoms with E-state index >= 15 is 0 Å². The minimum absolute atomic E-state index is 0.00653. The zero-order valence-corrected chi connectivity index (χ0v) is 12.3. The lowest BCUT2D eigenvalue weighted by Crippen LogP contribution is -2.21. The van der Waals surface area contributed by atoms with Crippen LogP contribution in [-0.2, 0) is 6.18 Å². The summed E-state index contributed by atoms with van der Waals surface area (Å²) in [6.45, 7) is 0. The van der Waals surface area contributed by atoms with Crippen molar-refractivity contribution in [3.05, 3.63) is 47.1 Å². The highest BCUT2D eigenvalue weighted by molar-refractivity contribution is 6.32. The van der Waals surface area contributed by atoms with Crippen LogP contribution in [0.4, 0.5) is 13.2 Å². The van der Waals surface area contributed by atoms with Gasteiger partial charge in [-0.2, -0.15) is 28.5 Å². The number of primary amides is 1. The molecule has 3 heterocycles. The van der Waals surface area contributed by atoms with Crippen LogP contribution in [-0.4, -0.2) is 35.7 Å². The van der Waals surface area contributed by atoms with Gasteiger partial charge in [-0.05, 0) is 6.07 Å². The van der Waals surface area contributed by atoms with Gasteiger partial charge in [-0.25, -0.2) is 9.67 Å². The van der Waals surface area contributed by atoms with Gasteiger partial charge >= 0.3 is 6.18 Å². The molecule has 0 bridgehead atoms. The largest absolute Gasteiger partial charge is 0.434 e. The van der Waals surface area contributed by atoms with Crippen molar-refractivity contribution in [2.45, 2.75) is 6.18 Å². The van der Waals surface area contributed by atoms with E-state index in [4.69, 9.17) is 17.3 Å². The van der Waals surface area contributed by atoms with Crippen LogP contribution >= 0.6 is 11.6 Å². The quantitative estimate of drug-likeness (QED) is 0.767. The molecule has 8 nitrogen and oxygen atoms in total. The third-order valence-corrected chi connectivity index (χ3v) is 3.24. The van der Waals surface area contributed by atoms with Crippen LogP contribution in [0.5, 0.6) is 0 Å². The second kappa shape index (κ2) is 5.60. The molecule has 12 heteroatoms. The molecule has 3 aromatic heterocycles. The van der Waals surface area contributed by atoms with Crippen LogP contribution in [0.3, 0.4) is 0 Å². The van der Waals surface area contributed by atoms with Gasteiger partial charge in [-0.1, -0.05) is 11.6 Å². The van der Waals surface area contributed by atoms with E-state index in [0.717, 1.165) is 17.2 Å². The Kier molecular flexibility index (Phi) is 3.72. The molecular weight excluding hydrogens is 351 g/mol. The maximum atomic E-state index is 13.2. The Morgan fingerprint density at radius 2 is 1.83 bits per heavy atom. The summed E-state index contributed by atoms with van der Waals surface area (Å²) in [5.41, 5.74) is 2.80. The van der Waals surface area contributed by atoms with Gasteiger partial charge < -0.3 is 5.73 Å². The summed E-state index contributed by atoms with van der Waals surface area (Å²) in [6, 6.07) is 1.19. The van der Waals surface area contributed by atoms with E-state index in [1.807, 2.05) is 0 Å². The number of rotatable bonds is 3. The van der Waals surface area contributed by atoms with Crippen LogP contribution in [0.1, 0.15) is 16.1 Å². The number of halogens is 4. The summed E-state index contributed by atoms with van der Waals surface area (Å²) in [5.74, 6) is -1.12. The molecule has 0 aliphatic heterocycles. The van der Waals surface area contributed by atoms with Crippen LogP contribution in [0.25, 0.3) is 11.5 Å². The van der Waals surface area contributed by atoms with E-state index in [0.29, 0.717) is 4.68 Å². The maximum Gasteiger partial charge on any atom is 0.434 e. The van der Waals surface area contributed by atoms with Crippen molar-refractivity contribution in [1.29, 1.82) is 0 Å². The van der Waals surface area contributed by atoms with Crippen molar-refractivity contribution in [3.63, 3.8) is 0 Å². The molecule has 1 amide bonds. The summed E-state index contributed by atoms with van der Waals surface area (Å²) in [7, 11) is 0. The molecule has 3 rings (SSSR count). The number of nitrogens with zero attached hydrogens (tertiary/aromatic N) is 6. The molecule has 24 heavy (non-hydrogen) atoms. The molecule has 0 aliphatic rings. The smallest absolute Gasteiger partial charge is 0.365 e. The van der Waals surface area contributed by atoms with Crippen molar-refractivity contribution >= 4 is 17.5 Å². The Hall–Kier alpha value is -2.95. The molecule has 0 saturated carbocycles. The van der Waals surface area contributed by atoms with E-state index < -0.39 is 23.3 Å². The predicted molar refractivity (Wildman–Crippen MR) is 74.8 cm³/mol. The maximum absolute atomic E-state index is 13.2. The topological polar surface area (TPSA) is 105 Å². The molecule has 0 spiro atoms. The van der Waals surface area contributed by atoms with Gasteiger partial charge in [0.05, 0.1) is 41.1 Å². The highest BCUT2D eigenvalue weighted by Gasteiger charge is 2.40. The first-order valence-electron chi connectivity index (χ1n) is 6.26. The van der Waals surface area contributed by atoms with Crippen molar-refractivity contribution in [2.24, 2.45) is 5.73 Å². The van der Waals surface area contributed by atoms with Gasteiger partial charge in [0.2, 0.25) is 0 Å². The monoisotopic (exact) mass is 357 g/mol. The molecule has 0 atom stereocenters. The number of alkyl halides is 3. The van der Waals surface area contributed by atoms with E-state index in [9.17, 15) is 18.0 Å². The Labute approximate surface area is 136 Å². The van der Waals surface area contributed by atoms with Gasteiger partial charge in [-0.3, -0.25) is 4.79 Å². The lowest BCUT2D eigenvalue weighted by molar-refractivity contribution is -0.143. The van der Waals surface area contributed by atoms with E-state index in [1.54, 1.807) is 0 Å². The number of hydrogen-bond acceptors (Lipinski definition) is 5.